The third-order valence-corrected chi connectivity index (χ3v) is 5.39. The Kier molecular flexibility index (Phi) is 4.94. The molecule has 0 aromatic carbocycles. The van der Waals surface area contributed by atoms with Crippen LogP contribution in [-0.2, 0) is 0 Å². The van der Waals surface area contributed by atoms with Gasteiger partial charge >= 0.3 is 6.18 Å². The molecule has 0 saturated heterocycles. The molecular weight excluding hydrogens is 279 g/mol. The van der Waals surface area contributed by atoms with Crippen molar-refractivity contribution < 1.29 is 18.3 Å². The first kappa shape index (κ1) is 17.1. The van der Waals surface area contributed by atoms with Gasteiger partial charge in [-0.2, -0.15) is 13.2 Å². The number of hydrogen-bond acceptors (Lipinski definition) is 2. The molecule has 2 atom stereocenters. The van der Waals surface area contributed by atoms with Crippen LogP contribution in [0.2, 0.25) is 0 Å². The van der Waals surface area contributed by atoms with E-state index in [0.29, 0.717) is 13.0 Å². The molecule has 21 heavy (non-hydrogen) atoms. The van der Waals surface area contributed by atoms with Gasteiger partial charge < -0.3 is 10.4 Å². The molecule has 5 heteroatoms. The molecule has 2 nitrogen and oxygen atoms in total. The number of alkyl halides is 3. The van der Waals surface area contributed by atoms with E-state index in [1.54, 1.807) is 0 Å². The molecule has 0 aromatic rings. The predicted molar refractivity (Wildman–Crippen MR) is 77.0 cm³/mol. The van der Waals surface area contributed by atoms with E-state index in [2.05, 4.69) is 19.2 Å². The molecule has 2 N–H and O–H groups in total. The van der Waals surface area contributed by atoms with Crippen LogP contribution in [0.4, 0.5) is 13.2 Å². The third kappa shape index (κ3) is 4.85. The average Bonchev–Trinajstić information content (AvgIpc) is 2.40. The first-order valence-corrected chi connectivity index (χ1v) is 8.12. The average molecular weight is 307 g/mol. The molecule has 124 valence electrons. The molecule has 0 spiro atoms. The van der Waals surface area contributed by atoms with E-state index >= 15 is 0 Å². The lowest BCUT2D eigenvalue weighted by Crippen LogP contribution is -2.49. The Morgan fingerprint density at radius 2 is 1.71 bits per heavy atom. The quantitative estimate of drug-likeness (QED) is 0.825. The van der Waals surface area contributed by atoms with E-state index in [9.17, 15) is 18.3 Å². The van der Waals surface area contributed by atoms with Gasteiger partial charge in [0.15, 0.2) is 0 Å². The summed E-state index contributed by atoms with van der Waals surface area (Å²) in [4.78, 5) is 0. The van der Waals surface area contributed by atoms with Crippen molar-refractivity contribution in [2.24, 2.45) is 11.3 Å². The van der Waals surface area contributed by atoms with Crippen molar-refractivity contribution in [2.75, 3.05) is 6.54 Å². The highest BCUT2D eigenvalue weighted by molar-refractivity contribution is 4.92. The molecular formula is C16H28F3NO. The van der Waals surface area contributed by atoms with Crippen molar-refractivity contribution in [2.45, 2.75) is 83.0 Å². The van der Waals surface area contributed by atoms with Crippen molar-refractivity contribution in [3.8, 4) is 0 Å². The third-order valence-electron chi connectivity index (χ3n) is 5.39. The molecule has 0 bridgehead atoms. The zero-order chi connectivity index (χ0) is 15.7. The number of rotatable bonds is 3. The Hall–Kier alpha value is -0.290. The normalized spacial score (nSPS) is 32.9. The van der Waals surface area contributed by atoms with Crippen molar-refractivity contribution in [3.05, 3.63) is 0 Å². The summed E-state index contributed by atoms with van der Waals surface area (Å²) in [5.74, 6) is -1.18. The minimum absolute atomic E-state index is 0.107. The first-order chi connectivity index (χ1) is 9.60. The van der Waals surface area contributed by atoms with Gasteiger partial charge in [0.05, 0.1) is 11.5 Å². The number of nitrogens with one attached hydrogen (secondary N) is 1. The molecule has 0 amide bonds. The monoisotopic (exact) mass is 307 g/mol. The fourth-order valence-corrected chi connectivity index (χ4v) is 3.58. The fourth-order valence-electron chi connectivity index (χ4n) is 3.58. The van der Waals surface area contributed by atoms with Crippen molar-refractivity contribution in [1.82, 2.24) is 5.32 Å². The van der Waals surface area contributed by atoms with E-state index in [-0.39, 0.29) is 24.3 Å². The molecule has 0 aliphatic heterocycles. The van der Waals surface area contributed by atoms with Gasteiger partial charge in [-0.3, -0.25) is 0 Å². The number of aliphatic hydroxyl groups is 1. The van der Waals surface area contributed by atoms with E-state index in [0.717, 1.165) is 32.1 Å². The second-order valence-corrected chi connectivity index (χ2v) is 7.87. The molecule has 2 fully saturated rings. The van der Waals surface area contributed by atoms with Gasteiger partial charge in [0.25, 0.3) is 0 Å². The Morgan fingerprint density at radius 3 is 2.29 bits per heavy atom. The summed E-state index contributed by atoms with van der Waals surface area (Å²) < 4.78 is 38.4. The highest BCUT2D eigenvalue weighted by Gasteiger charge is 2.43. The maximum Gasteiger partial charge on any atom is 0.391 e. The number of halogens is 3. The highest BCUT2D eigenvalue weighted by atomic mass is 19.4. The summed E-state index contributed by atoms with van der Waals surface area (Å²) in [6, 6.07) is -0.107. The molecule has 2 aliphatic carbocycles. The van der Waals surface area contributed by atoms with Crippen LogP contribution < -0.4 is 5.32 Å². The molecule has 0 aromatic heterocycles. The molecule has 0 heterocycles. The maximum atomic E-state index is 12.8. The summed E-state index contributed by atoms with van der Waals surface area (Å²) in [5.41, 5.74) is -0.459. The van der Waals surface area contributed by atoms with Crippen LogP contribution in [0.5, 0.6) is 0 Å². The van der Waals surface area contributed by atoms with Gasteiger partial charge in [-0.1, -0.05) is 20.3 Å². The lowest BCUT2D eigenvalue weighted by molar-refractivity contribution is -0.184. The van der Waals surface area contributed by atoms with Crippen LogP contribution in [0, 0.1) is 11.3 Å². The van der Waals surface area contributed by atoms with Gasteiger partial charge in [0.2, 0.25) is 0 Å². The lowest BCUT2D eigenvalue weighted by Gasteiger charge is -2.41. The van der Waals surface area contributed by atoms with Gasteiger partial charge in [-0.05, 0) is 50.4 Å². The van der Waals surface area contributed by atoms with Crippen LogP contribution >= 0.6 is 0 Å². The largest absolute Gasteiger partial charge is 0.391 e. The predicted octanol–water partition coefficient (Wildman–Crippen LogP) is 4.03. The summed E-state index contributed by atoms with van der Waals surface area (Å²) in [5, 5.41) is 13.8. The second-order valence-electron chi connectivity index (χ2n) is 7.87. The van der Waals surface area contributed by atoms with E-state index in [1.165, 1.54) is 0 Å². The van der Waals surface area contributed by atoms with Crippen molar-refractivity contribution >= 4 is 0 Å². The van der Waals surface area contributed by atoms with E-state index in [1.807, 2.05) is 0 Å². The second kappa shape index (κ2) is 6.07. The van der Waals surface area contributed by atoms with E-state index < -0.39 is 17.7 Å². The maximum absolute atomic E-state index is 12.8. The number of hydrogen-bond donors (Lipinski definition) is 2. The minimum Gasteiger partial charge on any atom is -0.389 e. The smallest absolute Gasteiger partial charge is 0.389 e. The van der Waals surface area contributed by atoms with Crippen molar-refractivity contribution in [3.63, 3.8) is 0 Å². The Morgan fingerprint density at radius 1 is 1.10 bits per heavy atom. The minimum atomic E-state index is -4.08. The summed E-state index contributed by atoms with van der Waals surface area (Å²) >= 11 is 0. The molecule has 2 rings (SSSR count). The van der Waals surface area contributed by atoms with E-state index in [4.69, 9.17) is 0 Å². The lowest BCUT2D eigenvalue weighted by atomic mass is 9.71. The molecule has 2 aliphatic rings. The van der Waals surface area contributed by atoms with Gasteiger partial charge in [0.1, 0.15) is 0 Å². The summed E-state index contributed by atoms with van der Waals surface area (Å²) in [6.45, 7) is 4.84. The summed E-state index contributed by atoms with van der Waals surface area (Å²) in [6.07, 6.45) is 1.16. The van der Waals surface area contributed by atoms with Crippen LogP contribution in [0.25, 0.3) is 0 Å². The summed E-state index contributed by atoms with van der Waals surface area (Å²) in [7, 11) is 0. The van der Waals surface area contributed by atoms with Crippen molar-refractivity contribution in [1.29, 1.82) is 0 Å². The van der Waals surface area contributed by atoms with Crippen LogP contribution in [-0.4, -0.2) is 29.5 Å². The Bertz CT molecular complexity index is 344. The fraction of sp³-hybridized carbons (Fsp3) is 1.00. The van der Waals surface area contributed by atoms with Gasteiger partial charge in [-0.25, -0.2) is 0 Å². The zero-order valence-electron chi connectivity index (χ0n) is 13.1. The standard InChI is InChI=1S/C16H28F3NO/c1-14(2)6-8-15(21,9-7-14)11-20-13-5-3-4-12(10-13)16(17,18)19/h12-13,20-21H,3-11H2,1-2H3. The van der Waals surface area contributed by atoms with Gasteiger partial charge in [-0.15, -0.1) is 0 Å². The molecule has 2 saturated carbocycles. The Labute approximate surface area is 125 Å². The molecule has 0 radical (unpaired) electrons. The zero-order valence-corrected chi connectivity index (χ0v) is 13.1. The first-order valence-electron chi connectivity index (χ1n) is 8.12. The van der Waals surface area contributed by atoms with Crippen LogP contribution in [0.1, 0.15) is 65.2 Å². The SMILES string of the molecule is CC1(C)CCC(O)(CNC2CCCC(C(F)(F)F)C2)CC1. The van der Waals surface area contributed by atoms with Crippen LogP contribution in [0.15, 0.2) is 0 Å². The Balaban J connectivity index is 1.80. The van der Waals surface area contributed by atoms with Gasteiger partial charge in [0, 0.05) is 12.6 Å². The highest BCUT2D eigenvalue weighted by Crippen LogP contribution is 2.41. The topological polar surface area (TPSA) is 32.3 Å². The molecule has 2 unspecified atom stereocenters. The van der Waals surface area contributed by atoms with Crippen LogP contribution in [0.3, 0.4) is 0 Å².